The summed E-state index contributed by atoms with van der Waals surface area (Å²) in [6.07, 6.45) is 0. The Morgan fingerprint density at radius 1 is 1.46 bits per heavy atom. The molecule has 0 atom stereocenters. The zero-order chi connectivity index (χ0) is 10.2. The zero-order valence-electron chi connectivity index (χ0n) is 6.71. The quantitative estimate of drug-likeness (QED) is 0.584. The molecule has 13 heavy (non-hydrogen) atoms. The smallest absolute Gasteiger partial charge is 0.334 e. The van der Waals surface area contributed by atoms with Gasteiger partial charge in [-0.2, -0.15) is 8.42 Å². The predicted octanol–water partition coefficient (Wildman–Crippen LogP) is 1.89. The van der Waals surface area contributed by atoms with Gasteiger partial charge in [0.25, 0.3) is 0 Å². The fourth-order valence-corrected chi connectivity index (χ4v) is 1.71. The fourth-order valence-electron chi connectivity index (χ4n) is 0.882. The minimum absolute atomic E-state index is 0.182. The van der Waals surface area contributed by atoms with Crippen molar-refractivity contribution in [2.24, 2.45) is 0 Å². The first-order valence-electron chi connectivity index (χ1n) is 3.32. The largest absolute Gasteiger partial charge is 0.398 e. The van der Waals surface area contributed by atoms with Crippen LogP contribution in [0.25, 0.3) is 0 Å². The lowest BCUT2D eigenvalue weighted by atomic mass is 10.2. The molecule has 1 aromatic carbocycles. The summed E-state index contributed by atoms with van der Waals surface area (Å²) in [4.78, 5) is -0.533. The normalized spacial score (nSPS) is 11.6. The topological polar surface area (TPSA) is 60.2 Å². The number of nitrogen functional groups attached to an aromatic ring is 1. The van der Waals surface area contributed by atoms with Crippen LogP contribution in [0.1, 0.15) is 5.56 Å². The number of hydrogen-bond donors (Lipinski definition) is 1. The van der Waals surface area contributed by atoms with Crippen molar-refractivity contribution in [3.8, 4) is 0 Å². The first-order valence-corrected chi connectivity index (χ1v) is 5.09. The molecular weight excluding hydrogens is 217 g/mol. The number of nitrogens with two attached hydrogens (primary N) is 1. The van der Waals surface area contributed by atoms with Gasteiger partial charge in [0.1, 0.15) is 4.90 Å². The van der Waals surface area contributed by atoms with Crippen molar-refractivity contribution in [2.45, 2.75) is 11.8 Å². The van der Waals surface area contributed by atoms with Crippen molar-refractivity contribution >= 4 is 27.5 Å². The van der Waals surface area contributed by atoms with E-state index in [2.05, 4.69) is 0 Å². The van der Waals surface area contributed by atoms with E-state index < -0.39 is 15.1 Å². The molecule has 0 unspecified atom stereocenters. The highest BCUT2D eigenvalue weighted by Crippen LogP contribution is 2.27. The van der Waals surface area contributed by atoms with Gasteiger partial charge in [0.05, 0.1) is 5.69 Å². The van der Waals surface area contributed by atoms with Gasteiger partial charge in [0.2, 0.25) is 0 Å². The molecule has 0 spiro atoms. The minimum atomic E-state index is -4.76. The van der Waals surface area contributed by atoms with Crippen molar-refractivity contribution in [2.75, 3.05) is 5.73 Å². The lowest BCUT2D eigenvalue weighted by Crippen LogP contribution is -1.99. The van der Waals surface area contributed by atoms with Gasteiger partial charge >= 0.3 is 10.2 Å². The maximum Gasteiger partial charge on any atom is 0.334 e. The number of halogens is 2. The van der Waals surface area contributed by atoms with Crippen LogP contribution in [0, 0.1) is 6.92 Å². The van der Waals surface area contributed by atoms with Crippen LogP contribution in [-0.4, -0.2) is 8.42 Å². The second-order valence-corrected chi connectivity index (χ2v) is 4.30. The van der Waals surface area contributed by atoms with E-state index in [1.165, 1.54) is 6.07 Å². The molecule has 1 aromatic rings. The van der Waals surface area contributed by atoms with Crippen molar-refractivity contribution in [3.63, 3.8) is 0 Å². The van der Waals surface area contributed by atoms with Crippen molar-refractivity contribution in [1.82, 2.24) is 0 Å². The van der Waals surface area contributed by atoms with E-state index in [4.69, 9.17) is 17.3 Å². The second-order valence-electron chi connectivity index (χ2n) is 2.58. The van der Waals surface area contributed by atoms with E-state index in [1.54, 1.807) is 6.92 Å². The summed E-state index contributed by atoms with van der Waals surface area (Å²) in [5.74, 6) is 0. The average molecular weight is 224 g/mol. The molecule has 1 rings (SSSR count). The molecule has 0 saturated carbocycles. The number of benzene rings is 1. The minimum Gasteiger partial charge on any atom is -0.398 e. The Kier molecular flexibility index (Phi) is 2.49. The molecular formula is C7H7ClFNO2S. The van der Waals surface area contributed by atoms with Gasteiger partial charge in [-0.25, -0.2) is 0 Å². The molecule has 3 nitrogen and oxygen atoms in total. The lowest BCUT2D eigenvalue weighted by molar-refractivity contribution is 0.552. The Hall–Kier alpha value is -0.810. The van der Waals surface area contributed by atoms with Crippen LogP contribution in [-0.2, 0) is 10.2 Å². The highest BCUT2D eigenvalue weighted by atomic mass is 35.5. The molecule has 72 valence electrons. The van der Waals surface area contributed by atoms with Gasteiger partial charge in [-0.1, -0.05) is 11.6 Å². The first kappa shape index (κ1) is 10.3. The molecule has 0 fully saturated rings. The van der Waals surface area contributed by atoms with Crippen molar-refractivity contribution in [1.29, 1.82) is 0 Å². The summed E-state index contributed by atoms with van der Waals surface area (Å²) in [5, 5.41) is 0.310. The Bertz CT molecular complexity index is 444. The van der Waals surface area contributed by atoms with Crippen LogP contribution in [0.2, 0.25) is 5.02 Å². The Balaban J connectivity index is 3.50. The summed E-state index contributed by atoms with van der Waals surface area (Å²) in [5.41, 5.74) is 5.56. The summed E-state index contributed by atoms with van der Waals surface area (Å²) >= 11 is 5.64. The lowest BCUT2D eigenvalue weighted by Gasteiger charge is -2.03. The van der Waals surface area contributed by atoms with Gasteiger partial charge in [-0.3, -0.25) is 0 Å². The SMILES string of the molecule is Cc1cc(S(=O)(=O)F)c(N)cc1Cl. The standard InChI is InChI=1S/C7H7ClFNO2S/c1-4-2-7(13(9,11)12)6(10)3-5(4)8/h2-3H,10H2,1H3. The van der Waals surface area contributed by atoms with Crippen molar-refractivity contribution in [3.05, 3.63) is 22.7 Å². The van der Waals surface area contributed by atoms with E-state index in [0.29, 0.717) is 10.6 Å². The highest BCUT2D eigenvalue weighted by molar-refractivity contribution is 7.86. The molecule has 0 aromatic heterocycles. The third-order valence-corrected chi connectivity index (χ3v) is 2.84. The Morgan fingerprint density at radius 3 is 2.46 bits per heavy atom. The predicted molar refractivity (Wildman–Crippen MR) is 48.9 cm³/mol. The summed E-state index contributed by atoms with van der Waals surface area (Å²) < 4.78 is 33.6. The number of anilines is 1. The number of hydrogen-bond acceptors (Lipinski definition) is 3. The van der Waals surface area contributed by atoms with Crippen LogP contribution in [0.5, 0.6) is 0 Å². The first-order chi connectivity index (χ1) is 5.82. The molecule has 0 aliphatic rings. The average Bonchev–Trinajstić information content (AvgIpc) is 1.94. The molecule has 0 bridgehead atoms. The maximum atomic E-state index is 12.5. The fraction of sp³-hybridized carbons (Fsp3) is 0.143. The summed E-state index contributed by atoms with van der Waals surface area (Å²) in [7, 11) is -4.76. The van der Waals surface area contributed by atoms with Crippen molar-refractivity contribution < 1.29 is 12.3 Å². The van der Waals surface area contributed by atoms with Crippen LogP contribution in [0.4, 0.5) is 9.57 Å². The van der Waals surface area contributed by atoms with Crippen LogP contribution in [0.15, 0.2) is 17.0 Å². The Morgan fingerprint density at radius 2 is 2.00 bits per heavy atom. The van der Waals surface area contributed by atoms with Gasteiger partial charge in [0, 0.05) is 5.02 Å². The van der Waals surface area contributed by atoms with Crippen LogP contribution in [0.3, 0.4) is 0 Å². The summed E-state index contributed by atoms with van der Waals surface area (Å²) in [6.45, 7) is 1.57. The van der Waals surface area contributed by atoms with E-state index in [0.717, 1.165) is 6.07 Å². The molecule has 0 saturated heterocycles. The monoisotopic (exact) mass is 223 g/mol. The number of aryl methyl sites for hydroxylation is 1. The van der Waals surface area contributed by atoms with Crippen LogP contribution >= 0.6 is 11.6 Å². The van der Waals surface area contributed by atoms with E-state index in [-0.39, 0.29) is 5.69 Å². The summed E-state index contributed by atoms with van der Waals surface area (Å²) in [6, 6.07) is 2.32. The van der Waals surface area contributed by atoms with Gasteiger partial charge < -0.3 is 5.73 Å². The third-order valence-electron chi connectivity index (χ3n) is 1.55. The second kappa shape index (κ2) is 3.16. The van der Waals surface area contributed by atoms with Gasteiger partial charge in [0.15, 0.2) is 0 Å². The van der Waals surface area contributed by atoms with Gasteiger partial charge in [-0.15, -0.1) is 3.89 Å². The molecule has 0 aliphatic carbocycles. The van der Waals surface area contributed by atoms with E-state index in [9.17, 15) is 12.3 Å². The maximum absolute atomic E-state index is 12.5. The highest BCUT2D eigenvalue weighted by Gasteiger charge is 2.17. The zero-order valence-corrected chi connectivity index (χ0v) is 8.29. The Labute approximate surface area is 80.5 Å². The molecule has 0 heterocycles. The number of rotatable bonds is 1. The van der Waals surface area contributed by atoms with Crippen LogP contribution < -0.4 is 5.73 Å². The molecule has 2 N–H and O–H groups in total. The molecule has 0 radical (unpaired) electrons. The van der Waals surface area contributed by atoms with Gasteiger partial charge in [-0.05, 0) is 24.6 Å². The van der Waals surface area contributed by atoms with E-state index >= 15 is 0 Å². The van der Waals surface area contributed by atoms with E-state index in [1.807, 2.05) is 0 Å². The third kappa shape index (κ3) is 2.10. The molecule has 0 amide bonds. The molecule has 6 heteroatoms. The molecule has 0 aliphatic heterocycles.